The third-order valence-corrected chi connectivity index (χ3v) is 4.64. The molecule has 94 valence electrons. The molecule has 0 bridgehead atoms. The number of carbonyl (C=O) groups excluding carboxylic acids is 1. The second kappa shape index (κ2) is 5.96. The van der Waals surface area contributed by atoms with Crippen LogP contribution in [0.15, 0.2) is 5.51 Å². The zero-order chi connectivity index (χ0) is 12.3. The first kappa shape index (κ1) is 13.0. The Hall–Kier alpha value is -0.420. The number of halogens is 1. The van der Waals surface area contributed by atoms with Gasteiger partial charge in [0.15, 0.2) is 0 Å². The van der Waals surface area contributed by atoms with Gasteiger partial charge in [0.1, 0.15) is 4.88 Å². The summed E-state index contributed by atoms with van der Waals surface area (Å²) < 4.78 is 0. The Balaban J connectivity index is 2.14. The van der Waals surface area contributed by atoms with Crippen LogP contribution in [0.4, 0.5) is 0 Å². The molecule has 1 fully saturated rings. The van der Waals surface area contributed by atoms with Gasteiger partial charge in [-0.15, -0.1) is 11.3 Å². The largest absolute Gasteiger partial charge is 0.335 e. The summed E-state index contributed by atoms with van der Waals surface area (Å²) in [6.07, 6.45) is 4.55. The van der Waals surface area contributed by atoms with Crippen LogP contribution in [0.2, 0.25) is 0 Å². The van der Waals surface area contributed by atoms with E-state index in [-0.39, 0.29) is 5.91 Å². The number of aryl methyl sites for hydroxylation is 1. The van der Waals surface area contributed by atoms with Gasteiger partial charge in [0, 0.05) is 17.9 Å². The van der Waals surface area contributed by atoms with Crippen molar-refractivity contribution < 1.29 is 4.79 Å². The summed E-state index contributed by atoms with van der Waals surface area (Å²) in [5.41, 5.74) is 2.62. The Kier molecular flexibility index (Phi) is 4.56. The van der Waals surface area contributed by atoms with Crippen molar-refractivity contribution >= 4 is 33.2 Å². The molecule has 1 saturated heterocycles. The summed E-state index contributed by atoms with van der Waals surface area (Å²) in [5, 5.41) is 0.961. The Bertz CT molecular complexity index is 392. The highest BCUT2D eigenvalue weighted by molar-refractivity contribution is 9.09. The van der Waals surface area contributed by atoms with Gasteiger partial charge in [-0.2, -0.15) is 0 Å². The number of hydrogen-bond donors (Lipinski definition) is 0. The standard InChI is InChI=1S/C12H17BrN2OS/c1-9-11(17-8-14-9)12(16)15-7-3-2-4-10(15)5-6-13/h8,10H,2-7H2,1H3. The van der Waals surface area contributed by atoms with Crippen LogP contribution >= 0.6 is 27.3 Å². The number of aromatic nitrogens is 1. The summed E-state index contributed by atoms with van der Waals surface area (Å²) in [6.45, 7) is 2.81. The molecule has 1 amide bonds. The molecule has 0 saturated carbocycles. The Morgan fingerprint density at radius 1 is 1.65 bits per heavy atom. The smallest absolute Gasteiger partial charge is 0.266 e. The second-order valence-electron chi connectivity index (χ2n) is 4.39. The molecule has 2 heterocycles. The summed E-state index contributed by atoms with van der Waals surface area (Å²) >= 11 is 4.93. The van der Waals surface area contributed by atoms with Crippen molar-refractivity contribution in [3.63, 3.8) is 0 Å². The molecule has 1 unspecified atom stereocenters. The van der Waals surface area contributed by atoms with Crippen LogP contribution < -0.4 is 0 Å². The van der Waals surface area contributed by atoms with Crippen molar-refractivity contribution in [2.24, 2.45) is 0 Å². The lowest BCUT2D eigenvalue weighted by Crippen LogP contribution is -2.43. The molecule has 0 N–H and O–H groups in total. The molecule has 1 atom stereocenters. The molecule has 0 aliphatic carbocycles. The normalized spacial score (nSPS) is 20.6. The van der Waals surface area contributed by atoms with Crippen molar-refractivity contribution in [2.45, 2.75) is 38.6 Å². The first-order valence-electron chi connectivity index (χ1n) is 6.01. The van der Waals surface area contributed by atoms with Crippen LogP contribution in [0.1, 0.15) is 41.0 Å². The fraction of sp³-hybridized carbons (Fsp3) is 0.667. The van der Waals surface area contributed by atoms with Crippen LogP contribution in [0.3, 0.4) is 0 Å². The number of thiazole rings is 1. The Morgan fingerprint density at radius 3 is 3.12 bits per heavy atom. The van der Waals surface area contributed by atoms with Gasteiger partial charge < -0.3 is 4.90 Å². The number of alkyl halides is 1. The van der Waals surface area contributed by atoms with Gasteiger partial charge in [-0.25, -0.2) is 4.98 Å². The maximum Gasteiger partial charge on any atom is 0.266 e. The predicted octanol–water partition coefficient (Wildman–Crippen LogP) is 3.23. The lowest BCUT2D eigenvalue weighted by atomic mass is 10.00. The van der Waals surface area contributed by atoms with Crippen molar-refractivity contribution in [1.82, 2.24) is 9.88 Å². The molecular formula is C12H17BrN2OS. The van der Waals surface area contributed by atoms with Gasteiger partial charge in [-0.05, 0) is 32.6 Å². The molecule has 17 heavy (non-hydrogen) atoms. The zero-order valence-electron chi connectivity index (χ0n) is 9.99. The molecule has 0 radical (unpaired) electrons. The molecule has 0 spiro atoms. The van der Waals surface area contributed by atoms with Crippen LogP contribution in [0.5, 0.6) is 0 Å². The van der Waals surface area contributed by atoms with E-state index < -0.39 is 0 Å². The SMILES string of the molecule is Cc1ncsc1C(=O)N1CCCCC1CCBr. The van der Waals surface area contributed by atoms with Gasteiger partial charge >= 0.3 is 0 Å². The third kappa shape index (κ3) is 2.88. The fourth-order valence-corrected chi connectivity index (χ4v) is 3.62. The first-order valence-corrected chi connectivity index (χ1v) is 8.01. The van der Waals surface area contributed by atoms with E-state index in [4.69, 9.17) is 0 Å². The minimum atomic E-state index is 0.177. The Labute approximate surface area is 114 Å². The second-order valence-corrected chi connectivity index (χ2v) is 6.04. The number of amides is 1. The number of likely N-dealkylation sites (tertiary alicyclic amines) is 1. The van der Waals surface area contributed by atoms with Gasteiger partial charge in [-0.1, -0.05) is 15.9 Å². The Morgan fingerprint density at radius 2 is 2.47 bits per heavy atom. The van der Waals surface area contributed by atoms with Gasteiger partial charge in [0.25, 0.3) is 5.91 Å². The minimum absolute atomic E-state index is 0.177. The number of carbonyl (C=O) groups is 1. The van der Waals surface area contributed by atoms with Gasteiger partial charge in [0.2, 0.25) is 0 Å². The van der Waals surface area contributed by atoms with E-state index in [0.29, 0.717) is 6.04 Å². The topological polar surface area (TPSA) is 33.2 Å². The molecule has 1 aliphatic rings. The molecule has 3 nitrogen and oxygen atoms in total. The summed E-state index contributed by atoms with van der Waals surface area (Å²) in [4.78, 5) is 19.5. The van der Waals surface area contributed by atoms with Crippen LogP contribution in [0.25, 0.3) is 0 Å². The lowest BCUT2D eigenvalue weighted by Gasteiger charge is -2.35. The van der Waals surface area contributed by atoms with E-state index in [9.17, 15) is 4.79 Å². The fourth-order valence-electron chi connectivity index (χ4n) is 2.33. The monoisotopic (exact) mass is 316 g/mol. The highest BCUT2D eigenvalue weighted by Gasteiger charge is 2.28. The zero-order valence-corrected chi connectivity index (χ0v) is 12.4. The average Bonchev–Trinajstić information content (AvgIpc) is 2.76. The molecule has 1 aliphatic heterocycles. The molecule has 1 aromatic heterocycles. The lowest BCUT2D eigenvalue weighted by molar-refractivity contribution is 0.0614. The van der Waals surface area contributed by atoms with E-state index in [1.54, 1.807) is 5.51 Å². The van der Waals surface area contributed by atoms with E-state index >= 15 is 0 Å². The van der Waals surface area contributed by atoms with Gasteiger partial charge in [0.05, 0.1) is 11.2 Å². The molecular weight excluding hydrogens is 300 g/mol. The number of piperidine rings is 1. The van der Waals surface area contributed by atoms with Crippen LogP contribution in [-0.4, -0.2) is 33.7 Å². The number of nitrogens with zero attached hydrogens (tertiary/aromatic N) is 2. The maximum atomic E-state index is 12.4. The quantitative estimate of drug-likeness (QED) is 0.802. The van der Waals surface area contributed by atoms with Crippen LogP contribution in [0, 0.1) is 6.92 Å². The molecule has 2 rings (SSSR count). The number of hydrogen-bond acceptors (Lipinski definition) is 3. The van der Waals surface area contributed by atoms with E-state index in [0.717, 1.165) is 41.7 Å². The molecule has 0 aromatic carbocycles. The predicted molar refractivity (Wildman–Crippen MR) is 73.9 cm³/mol. The van der Waals surface area contributed by atoms with Crippen molar-refractivity contribution in [3.8, 4) is 0 Å². The molecule has 1 aromatic rings. The van der Waals surface area contributed by atoms with Crippen molar-refractivity contribution in [2.75, 3.05) is 11.9 Å². The minimum Gasteiger partial charge on any atom is -0.335 e. The highest BCUT2D eigenvalue weighted by atomic mass is 79.9. The van der Waals surface area contributed by atoms with Crippen LogP contribution in [-0.2, 0) is 0 Å². The van der Waals surface area contributed by atoms with E-state index in [1.807, 2.05) is 11.8 Å². The first-order chi connectivity index (χ1) is 8.24. The summed E-state index contributed by atoms with van der Waals surface area (Å²) in [5.74, 6) is 0.177. The third-order valence-electron chi connectivity index (χ3n) is 3.27. The van der Waals surface area contributed by atoms with E-state index in [1.165, 1.54) is 17.8 Å². The highest BCUT2D eigenvalue weighted by Crippen LogP contribution is 2.24. The maximum absolute atomic E-state index is 12.4. The van der Waals surface area contributed by atoms with Crippen molar-refractivity contribution in [1.29, 1.82) is 0 Å². The van der Waals surface area contributed by atoms with Crippen molar-refractivity contribution in [3.05, 3.63) is 16.1 Å². The molecule has 5 heteroatoms. The average molecular weight is 317 g/mol. The summed E-state index contributed by atoms with van der Waals surface area (Å²) in [6, 6.07) is 0.400. The van der Waals surface area contributed by atoms with Gasteiger partial charge in [-0.3, -0.25) is 4.79 Å². The van der Waals surface area contributed by atoms with E-state index in [2.05, 4.69) is 20.9 Å². The summed E-state index contributed by atoms with van der Waals surface area (Å²) in [7, 11) is 0. The number of rotatable bonds is 3.